The molecule has 1 aromatic heterocycles. The van der Waals surface area contributed by atoms with Crippen molar-refractivity contribution >= 4 is 11.6 Å². The molecule has 0 atom stereocenters. The van der Waals surface area contributed by atoms with Gasteiger partial charge in [0.2, 0.25) is 0 Å². The first-order valence-corrected chi connectivity index (χ1v) is 10.1. The molecule has 150 valence electrons. The van der Waals surface area contributed by atoms with Gasteiger partial charge in [0.1, 0.15) is 5.56 Å². The first kappa shape index (κ1) is 20.6. The van der Waals surface area contributed by atoms with Crippen LogP contribution >= 0.6 is 0 Å². The molecule has 0 unspecified atom stereocenters. The quantitative estimate of drug-likeness (QED) is 0.607. The average Bonchev–Trinajstić information content (AvgIpc) is 2.68. The van der Waals surface area contributed by atoms with Crippen LogP contribution in [0.1, 0.15) is 46.9 Å². The third-order valence-electron chi connectivity index (χ3n) is 5.17. The number of para-hydroxylation sites is 1. The summed E-state index contributed by atoms with van der Waals surface area (Å²) in [6, 6.07) is 17.1. The lowest BCUT2D eigenvalue weighted by atomic mass is 10.0. The van der Waals surface area contributed by atoms with Crippen molar-refractivity contribution in [1.29, 1.82) is 0 Å². The predicted octanol–water partition coefficient (Wildman–Crippen LogP) is 5.49. The minimum atomic E-state index is -0.369. The molecule has 3 rings (SSSR count). The van der Waals surface area contributed by atoms with E-state index in [1.54, 1.807) is 6.07 Å². The fraction of sp³-hybridized carbons (Fsp3) is 0.280. The number of anilines is 1. The molecule has 0 spiro atoms. The lowest BCUT2D eigenvalue weighted by Gasteiger charge is -2.21. The second-order valence-corrected chi connectivity index (χ2v) is 7.52. The Labute approximate surface area is 172 Å². The molecule has 0 aliphatic heterocycles. The van der Waals surface area contributed by atoms with Crippen molar-refractivity contribution in [2.24, 2.45) is 0 Å². The highest BCUT2D eigenvalue weighted by atomic mass is 16.2. The molecule has 0 saturated heterocycles. The summed E-state index contributed by atoms with van der Waals surface area (Å²) in [6.45, 7) is 8.78. The summed E-state index contributed by atoms with van der Waals surface area (Å²) in [5, 5.41) is 2.94. The number of nitrogens with one attached hydrogen (secondary N) is 1. The molecule has 0 bridgehead atoms. The van der Waals surface area contributed by atoms with Gasteiger partial charge in [0, 0.05) is 24.0 Å². The number of pyridine rings is 1. The van der Waals surface area contributed by atoms with Crippen molar-refractivity contribution in [3.63, 3.8) is 0 Å². The molecular formula is C25H28N2O2. The van der Waals surface area contributed by atoms with Gasteiger partial charge < -0.3 is 9.88 Å². The Morgan fingerprint density at radius 2 is 1.76 bits per heavy atom. The number of carbonyl (C=O) groups excluding carboxylic acids is 1. The largest absolute Gasteiger partial charge is 0.344 e. The number of benzene rings is 2. The third-order valence-corrected chi connectivity index (χ3v) is 5.17. The van der Waals surface area contributed by atoms with Gasteiger partial charge in [0.25, 0.3) is 5.91 Å². The van der Waals surface area contributed by atoms with Crippen LogP contribution in [0, 0.1) is 20.8 Å². The van der Waals surface area contributed by atoms with Gasteiger partial charge in [0.15, 0.2) is 5.43 Å². The first-order chi connectivity index (χ1) is 13.9. The fourth-order valence-electron chi connectivity index (χ4n) is 3.58. The number of hydrogen-bond acceptors (Lipinski definition) is 2. The number of amides is 1. The zero-order valence-electron chi connectivity index (χ0n) is 17.6. The van der Waals surface area contributed by atoms with Crippen molar-refractivity contribution < 1.29 is 4.79 Å². The van der Waals surface area contributed by atoms with Crippen LogP contribution in [0.5, 0.6) is 0 Å². The molecule has 0 saturated carbocycles. The third kappa shape index (κ3) is 4.48. The Kier molecular flexibility index (Phi) is 6.32. The van der Waals surface area contributed by atoms with E-state index in [1.165, 1.54) is 0 Å². The molecule has 1 N–H and O–H groups in total. The monoisotopic (exact) mass is 388 g/mol. The zero-order valence-corrected chi connectivity index (χ0v) is 17.6. The zero-order chi connectivity index (χ0) is 21.0. The minimum absolute atomic E-state index is 0.195. The number of aryl methyl sites for hydroxylation is 3. The smallest absolute Gasteiger partial charge is 0.261 e. The van der Waals surface area contributed by atoms with Crippen molar-refractivity contribution in [2.45, 2.75) is 47.1 Å². The SMILES string of the molecule is CCCCn1c(C)cc(=O)c(C(=O)Nc2ccccc2C)c1-c1cccc(C)c1. The summed E-state index contributed by atoms with van der Waals surface area (Å²) < 4.78 is 2.10. The fourth-order valence-corrected chi connectivity index (χ4v) is 3.58. The van der Waals surface area contributed by atoms with Crippen molar-refractivity contribution in [3.8, 4) is 11.3 Å². The van der Waals surface area contributed by atoms with E-state index in [0.717, 1.165) is 41.8 Å². The maximum atomic E-state index is 13.3. The normalized spacial score (nSPS) is 10.8. The van der Waals surface area contributed by atoms with Crippen molar-refractivity contribution in [2.75, 3.05) is 5.32 Å². The van der Waals surface area contributed by atoms with Gasteiger partial charge in [-0.3, -0.25) is 9.59 Å². The van der Waals surface area contributed by atoms with E-state index in [1.807, 2.05) is 69.3 Å². The van der Waals surface area contributed by atoms with Gasteiger partial charge in [-0.25, -0.2) is 0 Å². The molecule has 0 aliphatic rings. The van der Waals surface area contributed by atoms with Crippen LogP contribution in [0.3, 0.4) is 0 Å². The van der Waals surface area contributed by atoms with Gasteiger partial charge in [-0.1, -0.05) is 55.3 Å². The number of hydrogen-bond donors (Lipinski definition) is 1. The average molecular weight is 389 g/mol. The molecule has 1 heterocycles. The summed E-state index contributed by atoms with van der Waals surface area (Å²) in [4.78, 5) is 26.3. The van der Waals surface area contributed by atoms with Crippen molar-refractivity contribution in [3.05, 3.63) is 87.2 Å². The Balaban J connectivity index is 2.21. The van der Waals surface area contributed by atoms with E-state index in [0.29, 0.717) is 11.4 Å². The Hall–Kier alpha value is -3.14. The molecule has 0 aliphatic carbocycles. The van der Waals surface area contributed by atoms with Crippen LogP contribution in [0.4, 0.5) is 5.69 Å². The molecule has 4 heteroatoms. The van der Waals surface area contributed by atoms with E-state index >= 15 is 0 Å². The topological polar surface area (TPSA) is 51.1 Å². The van der Waals surface area contributed by atoms with Crippen LogP contribution in [0.25, 0.3) is 11.3 Å². The van der Waals surface area contributed by atoms with E-state index in [-0.39, 0.29) is 16.9 Å². The number of aromatic nitrogens is 1. The van der Waals surface area contributed by atoms with E-state index < -0.39 is 0 Å². The number of unbranched alkanes of at least 4 members (excludes halogenated alkanes) is 1. The van der Waals surface area contributed by atoms with E-state index in [2.05, 4.69) is 16.8 Å². The van der Waals surface area contributed by atoms with E-state index in [4.69, 9.17) is 0 Å². The van der Waals surface area contributed by atoms with Crippen LogP contribution in [-0.4, -0.2) is 10.5 Å². The lowest BCUT2D eigenvalue weighted by molar-refractivity contribution is 0.102. The molecule has 0 fully saturated rings. The van der Waals surface area contributed by atoms with Gasteiger partial charge in [-0.15, -0.1) is 0 Å². The predicted molar refractivity (Wildman–Crippen MR) is 120 cm³/mol. The summed E-state index contributed by atoms with van der Waals surface area (Å²) in [5.41, 5.74) is 5.15. The number of rotatable bonds is 6. The Morgan fingerprint density at radius 1 is 1.00 bits per heavy atom. The maximum absolute atomic E-state index is 13.3. The molecule has 4 nitrogen and oxygen atoms in total. The van der Waals surface area contributed by atoms with Crippen LogP contribution in [-0.2, 0) is 6.54 Å². The summed E-state index contributed by atoms with van der Waals surface area (Å²) >= 11 is 0. The molecular weight excluding hydrogens is 360 g/mol. The Bertz CT molecular complexity index is 1100. The first-order valence-electron chi connectivity index (χ1n) is 10.1. The van der Waals surface area contributed by atoms with Gasteiger partial charge in [-0.05, 0) is 50.5 Å². The highest BCUT2D eigenvalue weighted by molar-refractivity contribution is 6.08. The summed E-state index contributed by atoms with van der Waals surface area (Å²) in [5.74, 6) is -0.369. The van der Waals surface area contributed by atoms with Crippen LogP contribution in [0.15, 0.2) is 59.4 Å². The van der Waals surface area contributed by atoms with Gasteiger partial charge in [-0.2, -0.15) is 0 Å². The second kappa shape index (κ2) is 8.91. The maximum Gasteiger partial charge on any atom is 0.261 e. The van der Waals surface area contributed by atoms with Gasteiger partial charge >= 0.3 is 0 Å². The van der Waals surface area contributed by atoms with Crippen LogP contribution < -0.4 is 10.7 Å². The lowest BCUT2D eigenvalue weighted by Crippen LogP contribution is -2.27. The summed E-state index contributed by atoms with van der Waals surface area (Å²) in [6.07, 6.45) is 2.00. The standard InChI is InChI=1S/C25H28N2O2/c1-5-6-14-27-19(4)16-22(28)23(24(27)20-12-9-10-17(2)15-20)25(29)26-21-13-8-7-11-18(21)3/h7-13,15-16H,5-6,14H2,1-4H3,(H,26,29). The highest BCUT2D eigenvalue weighted by Gasteiger charge is 2.22. The number of carbonyl (C=O) groups is 1. The molecule has 2 aromatic carbocycles. The minimum Gasteiger partial charge on any atom is -0.344 e. The molecule has 0 radical (unpaired) electrons. The van der Waals surface area contributed by atoms with Crippen molar-refractivity contribution in [1.82, 2.24) is 4.57 Å². The summed E-state index contributed by atoms with van der Waals surface area (Å²) in [7, 11) is 0. The molecule has 1 amide bonds. The van der Waals surface area contributed by atoms with Crippen LogP contribution in [0.2, 0.25) is 0 Å². The molecule has 3 aromatic rings. The Morgan fingerprint density at radius 3 is 2.45 bits per heavy atom. The second-order valence-electron chi connectivity index (χ2n) is 7.52. The molecule has 29 heavy (non-hydrogen) atoms. The highest BCUT2D eigenvalue weighted by Crippen LogP contribution is 2.26. The number of nitrogens with zero attached hydrogens (tertiary/aromatic N) is 1. The van der Waals surface area contributed by atoms with E-state index in [9.17, 15) is 9.59 Å². The van der Waals surface area contributed by atoms with Gasteiger partial charge in [0.05, 0.1) is 5.69 Å².